The van der Waals surface area contributed by atoms with Gasteiger partial charge in [0.1, 0.15) is 5.75 Å². The highest BCUT2D eigenvalue weighted by Crippen LogP contribution is 2.29. The lowest BCUT2D eigenvalue weighted by atomic mass is 10.0. The average molecular weight is 453 g/mol. The number of carbonyl (C=O) groups is 2. The molecular formula is C24H27N3O6. The number of aromatic amines is 1. The number of amides is 1. The summed E-state index contributed by atoms with van der Waals surface area (Å²) in [5.74, 6) is -0.420. The topological polar surface area (TPSA) is 135 Å². The van der Waals surface area contributed by atoms with Gasteiger partial charge in [-0.15, -0.1) is 0 Å². The van der Waals surface area contributed by atoms with Gasteiger partial charge in [0.25, 0.3) is 11.6 Å². The van der Waals surface area contributed by atoms with Crippen molar-refractivity contribution in [3.8, 4) is 5.75 Å². The molecule has 1 amide bonds. The molecule has 1 heterocycles. The molecule has 0 aliphatic carbocycles. The average Bonchev–Trinajstić information content (AvgIpc) is 3.20. The molecule has 0 fully saturated rings. The van der Waals surface area contributed by atoms with Gasteiger partial charge in [-0.05, 0) is 42.2 Å². The van der Waals surface area contributed by atoms with E-state index in [2.05, 4.69) is 10.3 Å². The second-order valence-corrected chi connectivity index (χ2v) is 7.82. The summed E-state index contributed by atoms with van der Waals surface area (Å²) in [5.41, 5.74) is 3.08. The summed E-state index contributed by atoms with van der Waals surface area (Å²) < 4.78 is 5.50. The Morgan fingerprint density at radius 3 is 2.61 bits per heavy atom. The number of nitro groups is 1. The van der Waals surface area contributed by atoms with Gasteiger partial charge < -0.3 is 20.1 Å². The van der Waals surface area contributed by atoms with Crippen molar-refractivity contribution in [3.63, 3.8) is 0 Å². The smallest absolute Gasteiger partial charge is 0.303 e. The van der Waals surface area contributed by atoms with Crippen LogP contribution in [0, 0.1) is 10.1 Å². The lowest BCUT2D eigenvalue weighted by Crippen LogP contribution is -2.24. The SMILES string of the molecule is COc1cc(C(=O)NCCCCCCC(=O)O)ccc1Cc1c[nH]c2ccc([N+](=O)[O-])cc12. The van der Waals surface area contributed by atoms with Gasteiger partial charge in [-0.2, -0.15) is 0 Å². The highest BCUT2D eigenvalue weighted by atomic mass is 16.6. The van der Waals surface area contributed by atoms with Crippen LogP contribution < -0.4 is 10.1 Å². The molecule has 9 heteroatoms. The van der Waals surface area contributed by atoms with Crippen LogP contribution in [0.4, 0.5) is 5.69 Å². The van der Waals surface area contributed by atoms with E-state index in [1.54, 1.807) is 24.3 Å². The number of carboxylic acid groups (broad SMARTS) is 1. The minimum Gasteiger partial charge on any atom is -0.496 e. The van der Waals surface area contributed by atoms with Gasteiger partial charge in [-0.25, -0.2) is 0 Å². The van der Waals surface area contributed by atoms with Gasteiger partial charge in [0.05, 0.1) is 12.0 Å². The standard InChI is InChI=1S/C24H27N3O6/c1-33-22-13-17(24(30)25-11-5-3-2-4-6-23(28)29)8-7-16(22)12-18-15-26-21-10-9-19(27(31)32)14-20(18)21/h7-10,13-15,26H,2-6,11-12H2,1H3,(H,25,30)(H,28,29). The second kappa shape index (κ2) is 11.1. The van der Waals surface area contributed by atoms with E-state index in [4.69, 9.17) is 9.84 Å². The quantitative estimate of drug-likeness (QED) is 0.211. The zero-order chi connectivity index (χ0) is 23.8. The van der Waals surface area contributed by atoms with Crippen molar-refractivity contribution in [1.29, 1.82) is 0 Å². The van der Waals surface area contributed by atoms with Crippen LogP contribution in [-0.2, 0) is 11.2 Å². The summed E-state index contributed by atoms with van der Waals surface area (Å²) in [7, 11) is 1.54. The van der Waals surface area contributed by atoms with Gasteiger partial charge in [0, 0.05) is 54.2 Å². The number of rotatable bonds is 12. The van der Waals surface area contributed by atoms with Gasteiger partial charge in [0.15, 0.2) is 0 Å². The van der Waals surface area contributed by atoms with E-state index in [1.807, 2.05) is 12.3 Å². The molecular weight excluding hydrogens is 426 g/mol. The third kappa shape index (κ3) is 6.31. The van der Waals surface area contributed by atoms with Gasteiger partial charge in [-0.3, -0.25) is 19.7 Å². The van der Waals surface area contributed by atoms with E-state index in [1.165, 1.54) is 13.2 Å². The fourth-order valence-electron chi connectivity index (χ4n) is 3.72. The minimum absolute atomic E-state index is 0.0317. The Bertz CT molecular complexity index is 1150. The number of aromatic nitrogens is 1. The fraction of sp³-hybridized carbons (Fsp3) is 0.333. The van der Waals surface area contributed by atoms with Crippen molar-refractivity contribution in [1.82, 2.24) is 10.3 Å². The zero-order valence-corrected chi connectivity index (χ0v) is 18.4. The predicted octanol–water partition coefficient (Wildman–Crippen LogP) is 4.44. The Morgan fingerprint density at radius 1 is 1.09 bits per heavy atom. The number of unbranched alkanes of at least 4 members (excludes halogenated alkanes) is 3. The van der Waals surface area contributed by atoms with Crippen LogP contribution in [0.2, 0.25) is 0 Å². The van der Waals surface area contributed by atoms with Gasteiger partial charge >= 0.3 is 5.97 Å². The molecule has 0 aliphatic rings. The first kappa shape index (κ1) is 23.8. The number of carbonyl (C=O) groups excluding carboxylic acids is 1. The molecule has 0 atom stereocenters. The number of benzene rings is 2. The number of non-ortho nitro benzene ring substituents is 1. The van der Waals surface area contributed by atoms with Crippen LogP contribution in [0.15, 0.2) is 42.6 Å². The van der Waals surface area contributed by atoms with Gasteiger partial charge in [-0.1, -0.05) is 18.9 Å². The monoisotopic (exact) mass is 453 g/mol. The van der Waals surface area contributed by atoms with E-state index in [-0.39, 0.29) is 18.0 Å². The fourth-order valence-corrected chi connectivity index (χ4v) is 3.72. The number of ether oxygens (including phenoxy) is 1. The van der Waals surface area contributed by atoms with E-state index in [9.17, 15) is 19.7 Å². The van der Waals surface area contributed by atoms with Crippen molar-refractivity contribution in [2.45, 2.75) is 38.5 Å². The molecule has 0 bridgehead atoms. The number of carboxylic acids is 1. The summed E-state index contributed by atoms with van der Waals surface area (Å²) in [6, 6.07) is 9.96. The first-order valence-electron chi connectivity index (χ1n) is 10.8. The molecule has 0 radical (unpaired) electrons. The largest absolute Gasteiger partial charge is 0.496 e. The Balaban J connectivity index is 1.62. The molecule has 2 aromatic carbocycles. The lowest BCUT2D eigenvalue weighted by Gasteiger charge is -2.11. The highest BCUT2D eigenvalue weighted by molar-refractivity contribution is 5.94. The number of H-pyrrole nitrogens is 1. The molecule has 0 spiro atoms. The molecule has 3 rings (SSSR count). The zero-order valence-electron chi connectivity index (χ0n) is 18.4. The maximum absolute atomic E-state index is 12.5. The molecule has 3 N–H and O–H groups in total. The summed E-state index contributed by atoms with van der Waals surface area (Å²) in [5, 5.41) is 23.4. The molecule has 9 nitrogen and oxygen atoms in total. The van der Waals surface area contributed by atoms with Gasteiger partial charge in [0.2, 0.25) is 0 Å². The maximum atomic E-state index is 12.5. The highest BCUT2D eigenvalue weighted by Gasteiger charge is 2.14. The van der Waals surface area contributed by atoms with E-state index < -0.39 is 10.9 Å². The molecule has 0 saturated heterocycles. The Hall–Kier alpha value is -3.88. The first-order chi connectivity index (χ1) is 15.9. The molecule has 1 aromatic heterocycles. The van der Waals surface area contributed by atoms with Crippen LogP contribution in [0.25, 0.3) is 10.9 Å². The minimum atomic E-state index is -0.785. The third-order valence-electron chi connectivity index (χ3n) is 5.49. The van der Waals surface area contributed by atoms with Crippen LogP contribution in [0.3, 0.4) is 0 Å². The second-order valence-electron chi connectivity index (χ2n) is 7.82. The van der Waals surface area contributed by atoms with Crippen LogP contribution in [-0.4, -0.2) is 40.5 Å². The van der Waals surface area contributed by atoms with E-state index >= 15 is 0 Å². The molecule has 3 aromatic rings. The number of hydrogen-bond donors (Lipinski definition) is 3. The van der Waals surface area contributed by atoms with E-state index in [0.717, 1.165) is 41.3 Å². The number of aliphatic carboxylic acids is 1. The number of fused-ring (bicyclic) bond motifs is 1. The third-order valence-corrected chi connectivity index (χ3v) is 5.49. The Kier molecular flexibility index (Phi) is 8.01. The Labute approximate surface area is 190 Å². The normalized spacial score (nSPS) is 10.8. The molecule has 0 aliphatic heterocycles. The van der Waals surface area contributed by atoms with Crippen molar-refractivity contribution >= 4 is 28.5 Å². The molecule has 174 valence electrons. The van der Waals surface area contributed by atoms with Crippen molar-refractivity contribution in [2.75, 3.05) is 13.7 Å². The first-order valence-corrected chi connectivity index (χ1v) is 10.8. The number of nitrogens with zero attached hydrogens (tertiary/aromatic N) is 1. The summed E-state index contributed by atoms with van der Waals surface area (Å²) >= 11 is 0. The number of nitrogens with one attached hydrogen (secondary N) is 2. The van der Waals surface area contributed by atoms with E-state index in [0.29, 0.717) is 30.7 Å². The van der Waals surface area contributed by atoms with Crippen molar-refractivity contribution < 1.29 is 24.4 Å². The predicted molar refractivity (Wildman–Crippen MR) is 124 cm³/mol. The van der Waals surface area contributed by atoms with Crippen LogP contribution >= 0.6 is 0 Å². The van der Waals surface area contributed by atoms with Crippen molar-refractivity contribution in [3.05, 3.63) is 69.4 Å². The number of methoxy groups -OCH3 is 1. The summed E-state index contributed by atoms with van der Waals surface area (Å²) in [6.07, 6.45) is 5.60. The molecule has 33 heavy (non-hydrogen) atoms. The number of hydrogen-bond acceptors (Lipinski definition) is 5. The van der Waals surface area contributed by atoms with Crippen LogP contribution in [0.5, 0.6) is 5.75 Å². The van der Waals surface area contributed by atoms with Crippen LogP contribution in [0.1, 0.15) is 53.6 Å². The summed E-state index contributed by atoms with van der Waals surface area (Å²) in [4.78, 5) is 36.8. The lowest BCUT2D eigenvalue weighted by molar-refractivity contribution is -0.384. The molecule has 0 saturated carbocycles. The number of nitro benzene ring substituents is 1. The maximum Gasteiger partial charge on any atom is 0.303 e. The van der Waals surface area contributed by atoms with Crippen molar-refractivity contribution in [2.24, 2.45) is 0 Å². The molecule has 0 unspecified atom stereocenters. The Morgan fingerprint density at radius 2 is 1.88 bits per heavy atom. The summed E-state index contributed by atoms with van der Waals surface area (Å²) in [6.45, 7) is 0.518.